The lowest BCUT2D eigenvalue weighted by Crippen LogP contribution is -2.38. The summed E-state index contributed by atoms with van der Waals surface area (Å²) in [5, 5.41) is 0. The highest BCUT2D eigenvalue weighted by atomic mass is 16.7. The summed E-state index contributed by atoms with van der Waals surface area (Å²) in [5.74, 6) is 0. The van der Waals surface area contributed by atoms with Crippen molar-refractivity contribution in [2.45, 2.75) is 51.9 Å². The molecule has 0 aliphatic carbocycles. The summed E-state index contributed by atoms with van der Waals surface area (Å²) in [6.07, 6.45) is 9.60. The van der Waals surface area contributed by atoms with Gasteiger partial charge in [-0.15, -0.1) is 0 Å². The van der Waals surface area contributed by atoms with E-state index in [0.29, 0.717) is 4.65 Å². The van der Waals surface area contributed by atoms with Crippen molar-refractivity contribution < 1.29 is 9.48 Å². The maximum Gasteiger partial charge on any atom is 0.108 e. The van der Waals surface area contributed by atoms with E-state index in [1.165, 1.54) is 44.9 Å². The van der Waals surface area contributed by atoms with Crippen molar-refractivity contribution in [2.75, 3.05) is 27.7 Å². The van der Waals surface area contributed by atoms with Crippen LogP contribution < -0.4 is 0 Å². The van der Waals surface area contributed by atoms with E-state index in [9.17, 15) is 0 Å². The topological polar surface area (TPSA) is 9.23 Å². The highest BCUT2D eigenvalue weighted by Gasteiger charge is 2.12. The molecule has 2 nitrogen and oxygen atoms in total. The van der Waals surface area contributed by atoms with Crippen LogP contribution in [-0.2, 0) is 4.84 Å². The normalized spacial score (nSPS) is 12.0. The Bertz CT molecular complexity index is 123. The fourth-order valence-electron chi connectivity index (χ4n) is 1.54. The zero-order valence-electron chi connectivity index (χ0n) is 10.5. The summed E-state index contributed by atoms with van der Waals surface area (Å²) in [5.41, 5.74) is 0. The molecule has 0 aromatic heterocycles. The van der Waals surface area contributed by atoms with E-state index >= 15 is 0 Å². The van der Waals surface area contributed by atoms with Crippen molar-refractivity contribution in [3.8, 4) is 0 Å². The number of nitrogens with zero attached hydrogens (tertiary/aromatic N) is 1. The van der Waals surface area contributed by atoms with E-state index < -0.39 is 0 Å². The number of quaternary nitrogens is 1. The largest absolute Gasteiger partial charge is 0.207 e. The van der Waals surface area contributed by atoms with Gasteiger partial charge in [0.25, 0.3) is 0 Å². The average Bonchev–Trinajstić information content (AvgIpc) is 2.16. The van der Waals surface area contributed by atoms with Gasteiger partial charge < -0.3 is 0 Å². The zero-order valence-corrected chi connectivity index (χ0v) is 10.5. The monoisotopic (exact) mass is 202 g/mol. The molecule has 2 heteroatoms. The van der Waals surface area contributed by atoms with Crippen LogP contribution in [0.2, 0.25) is 0 Å². The van der Waals surface area contributed by atoms with E-state index in [-0.39, 0.29) is 0 Å². The third-order valence-electron chi connectivity index (χ3n) is 2.79. The predicted molar refractivity (Wildman–Crippen MR) is 62.0 cm³/mol. The van der Waals surface area contributed by atoms with Crippen LogP contribution in [-0.4, -0.2) is 32.4 Å². The fraction of sp³-hybridized carbons (Fsp3) is 1.00. The molecule has 0 unspecified atom stereocenters. The van der Waals surface area contributed by atoms with Crippen molar-refractivity contribution in [1.82, 2.24) is 0 Å². The van der Waals surface area contributed by atoms with Gasteiger partial charge in [-0.05, 0) is 12.8 Å². The van der Waals surface area contributed by atoms with Crippen LogP contribution in [0.3, 0.4) is 0 Å². The molecule has 0 spiro atoms. The first-order chi connectivity index (χ1) is 6.62. The first-order valence-corrected chi connectivity index (χ1v) is 6.01. The van der Waals surface area contributed by atoms with Crippen LogP contribution >= 0.6 is 0 Å². The van der Waals surface area contributed by atoms with Crippen molar-refractivity contribution in [2.24, 2.45) is 0 Å². The second-order valence-electron chi connectivity index (χ2n) is 4.60. The second kappa shape index (κ2) is 8.25. The van der Waals surface area contributed by atoms with Crippen LogP contribution in [0.15, 0.2) is 0 Å². The van der Waals surface area contributed by atoms with Crippen molar-refractivity contribution in [3.05, 3.63) is 0 Å². The van der Waals surface area contributed by atoms with Gasteiger partial charge in [0.1, 0.15) is 6.54 Å². The van der Waals surface area contributed by atoms with Gasteiger partial charge in [0.15, 0.2) is 0 Å². The zero-order chi connectivity index (χ0) is 10.9. The Kier molecular flexibility index (Phi) is 8.20. The molecular formula is C12H28NO+. The van der Waals surface area contributed by atoms with E-state index in [2.05, 4.69) is 21.0 Å². The third kappa shape index (κ3) is 8.52. The Morgan fingerprint density at radius 1 is 0.857 bits per heavy atom. The SMILES string of the molecule is CCCCCCCCC[N+](C)(C)OC. The van der Waals surface area contributed by atoms with Crippen molar-refractivity contribution >= 4 is 0 Å². The van der Waals surface area contributed by atoms with Gasteiger partial charge in [0, 0.05) is 0 Å². The summed E-state index contributed by atoms with van der Waals surface area (Å²) >= 11 is 0. The average molecular weight is 202 g/mol. The fourth-order valence-corrected chi connectivity index (χ4v) is 1.54. The van der Waals surface area contributed by atoms with Crippen molar-refractivity contribution in [1.29, 1.82) is 0 Å². The highest BCUT2D eigenvalue weighted by Crippen LogP contribution is 2.08. The predicted octanol–water partition coefficient (Wildman–Crippen LogP) is 3.37. The van der Waals surface area contributed by atoms with Crippen LogP contribution in [0.5, 0.6) is 0 Å². The molecule has 0 N–H and O–H groups in total. The minimum atomic E-state index is 0.689. The molecule has 0 heterocycles. The lowest BCUT2D eigenvalue weighted by molar-refractivity contribution is -1.07. The molecule has 0 saturated heterocycles. The lowest BCUT2D eigenvalue weighted by Gasteiger charge is -2.24. The van der Waals surface area contributed by atoms with Crippen LogP contribution in [0.25, 0.3) is 0 Å². The van der Waals surface area contributed by atoms with E-state index in [0.717, 1.165) is 6.54 Å². The molecule has 0 aromatic rings. The van der Waals surface area contributed by atoms with E-state index in [1.54, 1.807) is 7.11 Å². The van der Waals surface area contributed by atoms with Gasteiger partial charge in [-0.25, -0.2) is 4.84 Å². The van der Waals surface area contributed by atoms with Crippen LogP contribution in [0, 0.1) is 0 Å². The first-order valence-electron chi connectivity index (χ1n) is 6.01. The number of rotatable bonds is 9. The van der Waals surface area contributed by atoms with Crippen LogP contribution in [0.1, 0.15) is 51.9 Å². The van der Waals surface area contributed by atoms with Gasteiger partial charge >= 0.3 is 0 Å². The molecule has 14 heavy (non-hydrogen) atoms. The number of hydroxylamine groups is 3. The van der Waals surface area contributed by atoms with E-state index in [1.807, 2.05) is 0 Å². The highest BCUT2D eigenvalue weighted by molar-refractivity contribution is 4.44. The third-order valence-corrected chi connectivity index (χ3v) is 2.79. The molecule has 0 radical (unpaired) electrons. The Morgan fingerprint density at radius 3 is 1.86 bits per heavy atom. The molecular weight excluding hydrogens is 174 g/mol. The Labute approximate surface area is 89.8 Å². The smallest absolute Gasteiger partial charge is 0.108 e. The summed E-state index contributed by atoms with van der Waals surface area (Å²) in [6.45, 7) is 3.39. The number of hydrogen-bond acceptors (Lipinski definition) is 1. The quantitative estimate of drug-likeness (QED) is 0.316. The van der Waals surface area contributed by atoms with Gasteiger partial charge in [0.2, 0.25) is 0 Å². The van der Waals surface area contributed by atoms with E-state index in [4.69, 9.17) is 4.84 Å². The van der Waals surface area contributed by atoms with Gasteiger partial charge in [-0.2, -0.15) is 4.65 Å². The van der Waals surface area contributed by atoms with Crippen molar-refractivity contribution in [3.63, 3.8) is 0 Å². The molecule has 0 aliphatic heterocycles. The molecule has 86 valence electrons. The Morgan fingerprint density at radius 2 is 1.36 bits per heavy atom. The lowest BCUT2D eigenvalue weighted by atomic mass is 10.1. The number of hydrogen-bond donors (Lipinski definition) is 0. The molecule has 0 amide bonds. The molecule has 0 aliphatic rings. The molecule has 0 saturated carbocycles. The molecule has 0 rings (SSSR count). The number of unbranched alkanes of at least 4 members (excludes halogenated alkanes) is 6. The summed E-state index contributed by atoms with van der Waals surface area (Å²) in [4.78, 5) is 5.32. The summed E-state index contributed by atoms with van der Waals surface area (Å²) in [7, 11) is 6.00. The minimum absolute atomic E-state index is 0.689. The maximum atomic E-state index is 5.32. The molecule has 0 atom stereocenters. The minimum Gasteiger partial charge on any atom is -0.207 e. The summed E-state index contributed by atoms with van der Waals surface area (Å²) < 4.78 is 0.689. The molecule has 0 bridgehead atoms. The Balaban J connectivity index is 3.13. The maximum absolute atomic E-state index is 5.32. The summed E-state index contributed by atoms with van der Waals surface area (Å²) in [6, 6.07) is 0. The second-order valence-corrected chi connectivity index (χ2v) is 4.60. The standard InChI is InChI=1S/C12H28NO/c1-5-6-7-8-9-10-11-12-13(2,3)14-4/h5-12H2,1-4H3/q+1. The Hall–Kier alpha value is -0.0800. The van der Waals surface area contributed by atoms with Crippen LogP contribution in [0.4, 0.5) is 0 Å². The molecule has 0 aromatic carbocycles. The molecule has 0 fully saturated rings. The van der Waals surface area contributed by atoms with Gasteiger partial charge in [-0.3, -0.25) is 0 Å². The van der Waals surface area contributed by atoms with Gasteiger partial charge in [-0.1, -0.05) is 39.0 Å². The van der Waals surface area contributed by atoms with Gasteiger partial charge in [0.05, 0.1) is 21.2 Å². The first kappa shape index (κ1) is 13.9.